The van der Waals surface area contributed by atoms with Crippen LogP contribution in [0.1, 0.15) is 61.7 Å². The molecule has 1 fully saturated rings. The molecule has 2 heterocycles. The van der Waals surface area contributed by atoms with Gasteiger partial charge in [0.05, 0.1) is 5.75 Å². The largest absolute Gasteiger partial charge is 0.353 e. The fourth-order valence-electron chi connectivity index (χ4n) is 3.06. The van der Waals surface area contributed by atoms with Gasteiger partial charge in [-0.1, -0.05) is 38.5 Å². The Bertz CT molecular complexity index is 748. The Balaban J connectivity index is 1.80. The van der Waals surface area contributed by atoms with E-state index in [2.05, 4.69) is 33.0 Å². The third-order valence-corrected chi connectivity index (χ3v) is 6.67. The van der Waals surface area contributed by atoms with Gasteiger partial charge in [0.25, 0.3) is 0 Å². The van der Waals surface area contributed by atoms with Crippen molar-refractivity contribution in [1.82, 2.24) is 15.3 Å². The fraction of sp³-hybridized carbons (Fsp3) is 0.611. The molecule has 4 nitrogen and oxygen atoms in total. The first kappa shape index (κ1) is 17.7. The fourth-order valence-corrected chi connectivity index (χ4v) is 5.07. The summed E-state index contributed by atoms with van der Waals surface area (Å²) in [5.74, 6) is 1.69. The summed E-state index contributed by atoms with van der Waals surface area (Å²) in [5.41, 5.74) is 1.24. The molecule has 0 unspecified atom stereocenters. The second-order valence-electron chi connectivity index (χ2n) is 6.84. The number of rotatable bonds is 5. The molecule has 0 radical (unpaired) electrons. The second-order valence-corrected chi connectivity index (χ2v) is 9.01. The minimum atomic E-state index is 0.120. The van der Waals surface area contributed by atoms with Crippen LogP contribution in [0.5, 0.6) is 0 Å². The number of hydrogen-bond acceptors (Lipinski definition) is 5. The molecule has 0 spiro atoms. The first-order chi connectivity index (χ1) is 11.5. The number of carbonyl (C=O) groups is 1. The number of aromatic nitrogens is 2. The van der Waals surface area contributed by atoms with Crippen molar-refractivity contribution >= 4 is 39.2 Å². The van der Waals surface area contributed by atoms with Crippen LogP contribution in [0.3, 0.4) is 0 Å². The maximum atomic E-state index is 12.2. The average molecular weight is 364 g/mol. The Kier molecular flexibility index (Phi) is 5.45. The number of fused-ring (bicyclic) bond motifs is 1. The van der Waals surface area contributed by atoms with E-state index in [1.165, 1.54) is 23.3 Å². The minimum Gasteiger partial charge on any atom is -0.353 e. The van der Waals surface area contributed by atoms with Gasteiger partial charge in [0, 0.05) is 22.2 Å². The van der Waals surface area contributed by atoms with Gasteiger partial charge >= 0.3 is 0 Å². The van der Waals surface area contributed by atoms with Crippen LogP contribution in [-0.4, -0.2) is 27.7 Å². The number of carbonyl (C=O) groups excluding carboxylic acids is 1. The van der Waals surface area contributed by atoms with E-state index in [1.807, 2.05) is 0 Å². The quantitative estimate of drug-likeness (QED) is 0.624. The van der Waals surface area contributed by atoms with Crippen LogP contribution in [0.4, 0.5) is 0 Å². The van der Waals surface area contributed by atoms with Crippen LogP contribution in [0.2, 0.25) is 0 Å². The molecule has 24 heavy (non-hydrogen) atoms. The molecule has 0 aromatic carbocycles. The summed E-state index contributed by atoms with van der Waals surface area (Å²) in [7, 11) is 0. The normalized spacial score (nSPS) is 15.5. The summed E-state index contributed by atoms with van der Waals surface area (Å²) in [5, 5.41) is 5.23. The highest BCUT2D eigenvalue weighted by atomic mass is 32.2. The van der Waals surface area contributed by atoms with Crippen molar-refractivity contribution in [2.45, 2.75) is 70.4 Å². The highest BCUT2D eigenvalue weighted by Gasteiger charge is 2.19. The van der Waals surface area contributed by atoms with Crippen molar-refractivity contribution in [3.05, 3.63) is 16.3 Å². The van der Waals surface area contributed by atoms with E-state index in [-0.39, 0.29) is 11.8 Å². The van der Waals surface area contributed by atoms with Crippen LogP contribution >= 0.6 is 23.1 Å². The maximum Gasteiger partial charge on any atom is 0.230 e. The molecule has 1 aliphatic carbocycles. The van der Waals surface area contributed by atoms with E-state index in [1.54, 1.807) is 23.1 Å². The molecular formula is C18H25N3OS2. The zero-order chi connectivity index (χ0) is 17.3. The average Bonchev–Trinajstić information content (AvgIpc) is 3.13. The van der Waals surface area contributed by atoms with Crippen LogP contribution in [0.25, 0.3) is 10.2 Å². The predicted octanol–water partition coefficient (Wildman–Crippen LogP) is 4.58. The molecule has 1 amide bonds. The van der Waals surface area contributed by atoms with Gasteiger partial charge in [-0.25, -0.2) is 9.97 Å². The molecule has 0 bridgehead atoms. The molecule has 0 atom stereocenters. The monoisotopic (exact) mass is 363 g/mol. The molecule has 1 saturated carbocycles. The third-order valence-electron chi connectivity index (χ3n) is 4.59. The lowest BCUT2D eigenvalue weighted by Gasteiger charge is -2.12. The van der Waals surface area contributed by atoms with Gasteiger partial charge in [-0.3, -0.25) is 4.79 Å². The van der Waals surface area contributed by atoms with Gasteiger partial charge in [0.2, 0.25) is 5.91 Å². The molecule has 3 rings (SSSR count). The van der Waals surface area contributed by atoms with Crippen LogP contribution in [0, 0.1) is 13.8 Å². The third kappa shape index (κ3) is 3.75. The molecule has 2 aromatic rings. The SMILES string of the molecule is Cc1sc2nc(C(C)C)nc(SCC(=O)NC3CCCC3)c2c1C. The van der Waals surface area contributed by atoms with Crippen molar-refractivity contribution < 1.29 is 4.79 Å². The van der Waals surface area contributed by atoms with Gasteiger partial charge in [-0.05, 0) is 32.3 Å². The zero-order valence-electron chi connectivity index (χ0n) is 14.8. The number of thioether (sulfide) groups is 1. The lowest BCUT2D eigenvalue weighted by Crippen LogP contribution is -2.33. The summed E-state index contributed by atoms with van der Waals surface area (Å²) >= 11 is 3.26. The Hall–Kier alpha value is -1.14. The Morgan fingerprint density at radius 3 is 2.67 bits per heavy atom. The predicted molar refractivity (Wildman–Crippen MR) is 102 cm³/mol. The first-order valence-corrected chi connectivity index (χ1v) is 10.5. The molecule has 1 N–H and O–H groups in total. The number of hydrogen-bond donors (Lipinski definition) is 1. The molecule has 0 aliphatic heterocycles. The summed E-state index contributed by atoms with van der Waals surface area (Å²) in [6, 6.07) is 0.375. The van der Waals surface area contributed by atoms with E-state index >= 15 is 0 Å². The zero-order valence-corrected chi connectivity index (χ0v) is 16.4. The van der Waals surface area contributed by atoms with Gasteiger partial charge < -0.3 is 5.32 Å². The smallest absolute Gasteiger partial charge is 0.230 e. The van der Waals surface area contributed by atoms with Crippen LogP contribution in [-0.2, 0) is 4.79 Å². The van der Waals surface area contributed by atoms with Crippen molar-refractivity contribution in [3.8, 4) is 0 Å². The maximum absolute atomic E-state index is 12.2. The lowest BCUT2D eigenvalue weighted by molar-refractivity contribution is -0.119. The van der Waals surface area contributed by atoms with Crippen LogP contribution < -0.4 is 5.32 Å². The Labute approximate surface area is 151 Å². The second kappa shape index (κ2) is 7.40. The Morgan fingerprint density at radius 2 is 2.00 bits per heavy atom. The van der Waals surface area contributed by atoms with Crippen molar-refractivity contribution in [2.75, 3.05) is 5.75 Å². The molecule has 6 heteroatoms. The minimum absolute atomic E-state index is 0.120. The number of nitrogens with one attached hydrogen (secondary N) is 1. The highest BCUT2D eigenvalue weighted by Crippen LogP contribution is 2.36. The Morgan fingerprint density at radius 1 is 1.29 bits per heavy atom. The summed E-state index contributed by atoms with van der Waals surface area (Å²) in [6.45, 7) is 8.46. The number of aryl methyl sites for hydroxylation is 2. The van der Waals surface area contributed by atoms with Gasteiger partial charge in [0.1, 0.15) is 15.7 Å². The summed E-state index contributed by atoms with van der Waals surface area (Å²) < 4.78 is 0. The molecule has 0 saturated heterocycles. The standard InChI is InChI=1S/C18H25N3OS2/c1-10(2)16-20-17(15-11(3)12(4)24-18(15)21-16)23-9-14(22)19-13-7-5-6-8-13/h10,13H,5-9H2,1-4H3,(H,19,22). The van der Waals surface area contributed by atoms with E-state index in [4.69, 9.17) is 9.97 Å². The van der Waals surface area contributed by atoms with E-state index in [9.17, 15) is 4.79 Å². The molecule has 1 aliphatic rings. The van der Waals surface area contributed by atoms with Gasteiger partial charge in [0.15, 0.2) is 0 Å². The van der Waals surface area contributed by atoms with Gasteiger partial charge in [-0.2, -0.15) is 0 Å². The topological polar surface area (TPSA) is 54.9 Å². The van der Waals surface area contributed by atoms with Crippen molar-refractivity contribution in [3.63, 3.8) is 0 Å². The number of amides is 1. The van der Waals surface area contributed by atoms with Crippen molar-refractivity contribution in [2.24, 2.45) is 0 Å². The van der Waals surface area contributed by atoms with E-state index < -0.39 is 0 Å². The molecular weight excluding hydrogens is 338 g/mol. The van der Waals surface area contributed by atoms with Crippen molar-refractivity contribution in [1.29, 1.82) is 0 Å². The lowest BCUT2D eigenvalue weighted by atomic mass is 10.2. The van der Waals surface area contributed by atoms with Crippen LogP contribution in [0.15, 0.2) is 5.03 Å². The molecule has 130 valence electrons. The number of nitrogens with zero attached hydrogens (tertiary/aromatic N) is 2. The highest BCUT2D eigenvalue weighted by molar-refractivity contribution is 8.00. The summed E-state index contributed by atoms with van der Waals surface area (Å²) in [4.78, 5) is 24.0. The van der Waals surface area contributed by atoms with E-state index in [0.29, 0.717) is 11.8 Å². The number of thiophene rings is 1. The molecule has 2 aromatic heterocycles. The summed E-state index contributed by atoms with van der Waals surface area (Å²) in [6.07, 6.45) is 4.70. The first-order valence-electron chi connectivity index (χ1n) is 8.65. The van der Waals surface area contributed by atoms with Gasteiger partial charge in [-0.15, -0.1) is 11.3 Å². The van der Waals surface area contributed by atoms with E-state index in [0.717, 1.165) is 33.9 Å².